The predicted octanol–water partition coefficient (Wildman–Crippen LogP) is 1.46. The lowest BCUT2D eigenvalue weighted by molar-refractivity contribution is -0.0889. The minimum atomic E-state index is 0.799. The maximum absolute atomic E-state index is 2.50. The summed E-state index contributed by atoms with van der Waals surface area (Å²) in [5, 5.41) is 0. The highest BCUT2D eigenvalue weighted by atomic mass is 15.4. The molecule has 2 aliphatic heterocycles. The fraction of sp³-hybridized carbons (Fsp3) is 0.636. The molecule has 72 valence electrons. The van der Waals surface area contributed by atoms with Crippen molar-refractivity contribution >= 4 is 0 Å². The van der Waals surface area contributed by atoms with E-state index < -0.39 is 0 Å². The molecule has 2 atom stereocenters. The van der Waals surface area contributed by atoms with Gasteiger partial charge in [-0.1, -0.05) is 12.2 Å². The van der Waals surface area contributed by atoms with Crippen molar-refractivity contribution < 1.29 is 0 Å². The molecule has 0 radical (unpaired) electrons. The Kier molecular flexibility index (Phi) is 2.16. The predicted molar refractivity (Wildman–Crippen MR) is 55.5 cm³/mol. The van der Waals surface area contributed by atoms with Crippen molar-refractivity contribution in [1.29, 1.82) is 0 Å². The van der Waals surface area contributed by atoms with Crippen LogP contribution in [0.4, 0.5) is 0 Å². The maximum Gasteiger partial charge on any atom is 0.0590 e. The van der Waals surface area contributed by atoms with E-state index in [1.54, 1.807) is 0 Å². The van der Waals surface area contributed by atoms with Crippen molar-refractivity contribution in [3.8, 4) is 0 Å². The second-order valence-electron chi connectivity index (χ2n) is 3.94. The summed E-state index contributed by atoms with van der Waals surface area (Å²) in [6.45, 7) is 6.64. The quantitative estimate of drug-likeness (QED) is 0.591. The molecule has 2 unspecified atom stereocenters. The molecule has 2 heteroatoms. The first kappa shape index (κ1) is 8.82. The van der Waals surface area contributed by atoms with E-state index in [0.29, 0.717) is 0 Å². The summed E-state index contributed by atoms with van der Waals surface area (Å²) in [6.07, 6.45) is 6.52. The van der Waals surface area contributed by atoms with Crippen LogP contribution in [0.1, 0.15) is 13.8 Å². The van der Waals surface area contributed by atoms with Crippen LogP contribution >= 0.6 is 0 Å². The van der Waals surface area contributed by atoms with Crippen molar-refractivity contribution in [3.05, 3.63) is 23.9 Å². The summed E-state index contributed by atoms with van der Waals surface area (Å²) in [5.41, 5.74) is 1.39. The zero-order chi connectivity index (χ0) is 9.42. The molecule has 0 aromatic carbocycles. The largest absolute Gasteiger partial charge is 0.364 e. The Morgan fingerprint density at radius 1 is 1.23 bits per heavy atom. The fourth-order valence-electron chi connectivity index (χ4n) is 2.30. The average molecular weight is 178 g/mol. The van der Waals surface area contributed by atoms with E-state index in [2.05, 4.69) is 48.9 Å². The Balaban J connectivity index is 1.97. The second kappa shape index (κ2) is 3.18. The van der Waals surface area contributed by atoms with Crippen LogP contribution in [0.5, 0.6) is 0 Å². The van der Waals surface area contributed by atoms with Crippen LogP contribution in [0.15, 0.2) is 23.9 Å². The van der Waals surface area contributed by atoms with Crippen LogP contribution in [0, 0.1) is 0 Å². The van der Waals surface area contributed by atoms with Crippen LogP contribution in [0.25, 0.3) is 0 Å². The number of nitrogens with zero attached hydrogens (tertiary/aromatic N) is 2. The van der Waals surface area contributed by atoms with Crippen LogP contribution < -0.4 is 0 Å². The number of likely N-dealkylation sites (N-methyl/N-ethyl adjacent to an activating group) is 1. The molecule has 2 saturated heterocycles. The molecule has 2 rings (SSSR count). The van der Waals surface area contributed by atoms with Gasteiger partial charge in [-0.2, -0.15) is 0 Å². The third-order valence-electron chi connectivity index (χ3n) is 3.23. The monoisotopic (exact) mass is 178 g/mol. The first-order valence-electron chi connectivity index (χ1n) is 5.03. The molecule has 0 spiro atoms. The first-order valence-corrected chi connectivity index (χ1v) is 5.03. The number of hydrogen-bond donors (Lipinski definition) is 0. The summed E-state index contributed by atoms with van der Waals surface area (Å²) in [6, 6.07) is 1.63. The molecule has 0 aromatic heterocycles. The molecule has 2 heterocycles. The topological polar surface area (TPSA) is 6.48 Å². The molecular formula is C11H18N2. The van der Waals surface area contributed by atoms with Gasteiger partial charge in [0.05, 0.1) is 6.04 Å². The van der Waals surface area contributed by atoms with Gasteiger partial charge in [0.1, 0.15) is 0 Å². The van der Waals surface area contributed by atoms with Gasteiger partial charge in [0.15, 0.2) is 0 Å². The van der Waals surface area contributed by atoms with Gasteiger partial charge in [0, 0.05) is 24.8 Å². The van der Waals surface area contributed by atoms with E-state index in [1.807, 2.05) is 0 Å². The lowest BCUT2D eigenvalue weighted by Gasteiger charge is -2.62. The molecule has 0 aromatic rings. The molecule has 0 amide bonds. The molecule has 2 aliphatic rings. The zero-order valence-corrected chi connectivity index (χ0v) is 8.70. The van der Waals surface area contributed by atoms with Gasteiger partial charge in [-0.3, -0.25) is 4.90 Å². The van der Waals surface area contributed by atoms with Crippen LogP contribution in [-0.4, -0.2) is 42.0 Å². The minimum Gasteiger partial charge on any atom is -0.364 e. The Morgan fingerprint density at radius 3 is 2.38 bits per heavy atom. The summed E-state index contributed by atoms with van der Waals surface area (Å²) in [5.74, 6) is 0. The smallest absolute Gasteiger partial charge is 0.0590 e. The molecule has 0 bridgehead atoms. The molecule has 2 fully saturated rings. The summed E-state index contributed by atoms with van der Waals surface area (Å²) in [7, 11) is 2.21. The minimum absolute atomic E-state index is 0.799. The molecule has 0 aliphatic carbocycles. The van der Waals surface area contributed by atoms with Gasteiger partial charge in [-0.15, -0.1) is 0 Å². The van der Waals surface area contributed by atoms with Gasteiger partial charge in [-0.25, -0.2) is 0 Å². The highest BCUT2D eigenvalue weighted by Crippen LogP contribution is 2.35. The number of piperazine rings is 1. The van der Waals surface area contributed by atoms with Crippen molar-refractivity contribution in [2.75, 3.05) is 20.1 Å². The second-order valence-corrected chi connectivity index (χ2v) is 3.94. The lowest BCUT2D eigenvalue weighted by atomic mass is 9.85. The van der Waals surface area contributed by atoms with Gasteiger partial charge in [0.25, 0.3) is 0 Å². The normalized spacial score (nSPS) is 34.4. The zero-order valence-electron chi connectivity index (χ0n) is 8.70. The van der Waals surface area contributed by atoms with Crippen LogP contribution in [0.2, 0.25) is 0 Å². The molecule has 0 N–H and O–H groups in total. The van der Waals surface area contributed by atoms with Gasteiger partial charge < -0.3 is 4.90 Å². The Morgan fingerprint density at radius 2 is 2.00 bits per heavy atom. The van der Waals surface area contributed by atoms with E-state index in [1.165, 1.54) is 18.8 Å². The molecule has 0 saturated carbocycles. The van der Waals surface area contributed by atoms with E-state index in [9.17, 15) is 0 Å². The van der Waals surface area contributed by atoms with Crippen molar-refractivity contribution in [2.24, 2.45) is 0 Å². The molecule has 2 nitrogen and oxygen atoms in total. The average Bonchev–Trinajstić information content (AvgIpc) is 2.12. The van der Waals surface area contributed by atoms with Crippen LogP contribution in [0.3, 0.4) is 0 Å². The van der Waals surface area contributed by atoms with Gasteiger partial charge >= 0.3 is 0 Å². The number of rotatable bonds is 2. The highest BCUT2D eigenvalue weighted by Gasteiger charge is 2.49. The van der Waals surface area contributed by atoms with E-state index >= 15 is 0 Å². The van der Waals surface area contributed by atoms with Crippen molar-refractivity contribution in [3.63, 3.8) is 0 Å². The molecule has 13 heavy (non-hydrogen) atoms. The number of fused-ring (bicyclic) bond motifs is 1. The van der Waals surface area contributed by atoms with E-state index in [0.717, 1.165) is 12.1 Å². The summed E-state index contributed by atoms with van der Waals surface area (Å²) in [4.78, 5) is 4.94. The standard InChI is InChI=1S/C11H18N2/c1-4-6-9(5-2)13-8-10-11(13)7-12(10)3/h4-6,10-11H,7-8H2,1-3H3. The number of likely N-dealkylation sites (tertiary alicyclic amines) is 2. The number of allylic oxidation sites excluding steroid dienone is 3. The van der Waals surface area contributed by atoms with Gasteiger partial charge in [0.2, 0.25) is 0 Å². The number of hydrogen-bond acceptors (Lipinski definition) is 2. The molecular weight excluding hydrogens is 160 g/mol. The third-order valence-corrected chi connectivity index (χ3v) is 3.23. The Hall–Kier alpha value is -0.760. The Bertz CT molecular complexity index is 255. The summed E-state index contributed by atoms with van der Waals surface area (Å²) >= 11 is 0. The third kappa shape index (κ3) is 1.20. The van der Waals surface area contributed by atoms with Gasteiger partial charge in [-0.05, 0) is 27.0 Å². The van der Waals surface area contributed by atoms with Crippen molar-refractivity contribution in [1.82, 2.24) is 9.80 Å². The maximum atomic E-state index is 2.50. The first-order chi connectivity index (χ1) is 6.27. The van der Waals surface area contributed by atoms with Crippen molar-refractivity contribution in [2.45, 2.75) is 25.9 Å². The van der Waals surface area contributed by atoms with Crippen LogP contribution in [-0.2, 0) is 0 Å². The SMILES string of the molecule is CC=CC(=CC)N1CC2C1CN2C. The summed E-state index contributed by atoms with van der Waals surface area (Å²) < 4.78 is 0. The highest BCUT2D eigenvalue weighted by molar-refractivity contribution is 5.24. The van der Waals surface area contributed by atoms with E-state index in [4.69, 9.17) is 0 Å². The fourth-order valence-corrected chi connectivity index (χ4v) is 2.30. The lowest BCUT2D eigenvalue weighted by Crippen LogP contribution is -2.76. The van der Waals surface area contributed by atoms with E-state index in [-0.39, 0.29) is 0 Å². The Labute approximate surface area is 80.5 Å².